The maximum Gasteiger partial charge on any atom is 0.255 e. The van der Waals surface area contributed by atoms with Gasteiger partial charge in [0.15, 0.2) is 0 Å². The van der Waals surface area contributed by atoms with Crippen molar-refractivity contribution in [3.8, 4) is 5.69 Å². The minimum absolute atomic E-state index is 0.117. The number of carbonyl (C=O) groups is 1. The molecule has 0 radical (unpaired) electrons. The highest BCUT2D eigenvalue weighted by molar-refractivity contribution is 5.76. The van der Waals surface area contributed by atoms with Crippen molar-refractivity contribution in [3.63, 3.8) is 0 Å². The second kappa shape index (κ2) is 9.73. The Morgan fingerprint density at radius 3 is 2.66 bits per heavy atom. The summed E-state index contributed by atoms with van der Waals surface area (Å²) in [7, 11) is 0. The highest BCUT2D eigenvalue weighted by atomic mass is 16.5. The number of morpholine rings is 1. The molecule has 0 spiro atoms. The summed E-state index contributed by atoms with van der Waals surface area (Å²) in [5.74, 6) is 0.445. The van der Waals surface area contributed by atoms with Gasteiger partial charge in [0.05, 0.1) is 24.9 Å². The number of amides is 1. The Balaban J connectivity index is 1.34. The van der Waals surface area contributed by atoms with Crippen molar-refractivity contribution in [3.05, 3.63) is 64.1 Å². The molecule has 1 aliphatic heterocycles. The molecule has 10 nitrogen and oxygen atoms in total. The second-order valence-corrected chi connectivity index (χ2v) is 7.77. The van der Waals surface area contributed by atoms with Crippen LogP contribution in [0.1, 0.15) is 36.2 Å². The van der Waals surface area contributed by atoms with E-state index in [0.717, 1.165) is 11.3 Å². The minimum Gasteiger partial charge on any atom is -0.378 e. The summed E-state index contributed by atoms with van der Waals surface area (Å²) >= 11 is 0. The molecule has 0 saturated carbocycles. The van der Waals surface area contributed by atoms with E-state index in [-0.39, 0.29) is 23.9 Å². The van der Waals surface area contributed by atoms with E-state index in [1.807, 2.05) is 43.0 Å². The van der Waals surface area contributed by atoms with Gasteiger partial charge < -0.3 is 15.0 Å². The zero-order chi connectivity index (χ0) is 22.5. The zero-order valence-electron chi connectivity index (χ0n) is 18.2. The maximum absolute atomic E-state index is 12.6. The van der Waals surface area contributed by atoms with E-state index in [2.05, 4.69) is 25.4 Å². The van der Waals surface area contributed by atoms with Gasteiger partial charge in [-0.3, -0.25) is 14.6 Å². The molecule has 0 bridgehead atoms. The molecule has 4 rings (SSSR count). The van der Waals surface area contributed by atoms with Gasteiger partial charge in [0.25, 0.3) is 5.56 Å². The predicted octanol–water partition coefficient (Wildman–Crippen LogP) is 1.31. The molecule has 3 aromatic rings. The number of ether oxygens (including phenoxy) is 1. The number of carbonyl (C=O) groups excluding carboxylic acids is 1. The first-order valence-corrected chi connectivity index (χ1v) is 10.7. The topological polar surface area (TPSA) is 118 Å². The van der Waals surface area contributed by atoms with Crippen LogP contribution in [0.3, 0.4) is 0 Å². The number of aryl methyl sites for hydroxylation is 1. The smallest absolute Gasteiger partial charge is 0.255 e. The Kier molecular flexibility index (Phi) is 6.60. The number of aromatic nitrogens is 5. The van der Waals surface area contributed by atoms with Gasteiger partial charge >= 0.3 is 0 Å². The number of hydrogen-bond acceptors (Lipinski definition) is 7. The molecule has 2 N–H and O–H groups in total. The van der Waals surface area contributed by atoms with Crippen LogP contribution in [0.2, 0.25) is 0 Å². The number of H-pyrrole nitrogens is 1. The number of benzene rings is 1. The summed E-state index contributed by atoms with van der Waals surface area (Å²) in [5, 5.41) is 7.10. The molecule has 168 valence electrons. The molecular weight excluding hydrogens is 410 g/mol. The van der Waals surface area contributed by atoms with Crippen molar-refractivity contribution in [2.24, 2.45) is 0 Å². The Bertz CT molecular complexity index is 1100. The number of rotatable bonds is 7. The first-order valence-electron chi connectivity index (χ1n) is 10.7. The van der Waals surface area contributed by atoms with Crippen molar-refractivity contribution in [1.82, 2.24) is 30.0 Å². The van der Waals surface area contributed by atoms with Crippen molar-refractivity contribution < 1.29 is 9.53 Å². The van der Waals surface area contributed by atoms with E-state index in [1.54, 1.807) is 11.0 Å². The molecule has 0 unspecified atom stereocenters. The van der Waals surface area contributed by atoms with Crippen LogP contribution in [0.4, 0.5) is 5.95 Å². The van der Waals surface area contributed by atoms with E-state index in [0.29, 0.717) is 49.9 Å². The third-order valence-electron chi connectivity index (χ3n) is 5.58. The van der Waals surface area contributed by atoms with E-state index in [4.69, 9.17) is 4.74 Å². The highest BCUT2D eigenvalue weighted by Crippen LogP contribution is 2.16. The van der Waals surface area contributed by atoms with E-state index < -0.39 is 0 Å². The van der Waals surface area contributed by atoms with Crippen molar-refractivity contribution in [2.45, 2.75) is 32.7 Å². The van der Waals surface area contributed by atoms with Crippen LogP contribution in [-0.2, 0) is 16.0 Å². The normalized spacial score (nSPS) is 14.9. The maximum atomic E-state index is 12.6. The molecule has 1 aliphatic rings. The lowest BCUT2D eigenvalue weighted by atomic mass is 10.1. The average Bonchev–Trinajstić information content (AvgIpc) is 3.34. The summed E-state index contributed by atoms with van der Waals surface area (Å²) in [4.78, 5) is 38.4. The van der Waals surface area contributed by atoms with E-state index in [9.17, 15) is 9.59 Å². The number of nitrogens with one attached hydrogen (secondary N) is 2. The number of aromatic amines is 1. The molecule has 3 heterocycles. The van der Waals surface area contributed by atoms with Crippen LogP contribution in [0.15, 0.2) is 41.7 Å². The lowest BCUT2D eigenvalue weighted by molar-refractivity contribution is -0.121. The summed E-state index contributed by atoms with van der Waals surface area (Å²) in [5.41, 5.74) is 2.88. The molecule has 1 aromatic carbocycles. The van der Waals surface area contributed by atoms with Gasteiger partial charge in [0.2, 0.25) is 11.9 Å². The predicted molar refractivity (Wildman–Crippen MR) is 119 cm³/mol. The van der Waals surface area contributed by atoms with Crippen molar-refractivity contribution in [2.75, 3.05) is 31.2 Å². The van der Waals surface area contributed by atoms with Crippen LogP contribution in [0.25, 0.3) is 5.69 Å². The Hall–Kier alpha value is -3.53. The first-order chi connectivity index (χ1) is 15.5. The van der Waals surface area contributed by atoms with Crippen LogP contribution in [0.5, 0.6) is 0 Å². The average molecular weight is 438 g/mol. The van der Waals surface area contributed by atoms with Gasteiger partial charge in [0.1, 0.15) is 12.7 Å². The second-order valence-electron chi connectivity index (χ2n) is 7.77. The fourth-order valence-corrected chi connectivity index (χ4v) is 3.71. The third kappa shape index (κ3) is 5.02. The van der Waals surface area contributed by atoms with Crippen molar-refractivity contribution >= 4 is 11.9 Å². The van der Waals surface area contributed by atoms with Crippen molar-refractivity contribution in [1.29, 1.82) is 0 Å². The molecule has 1 amide bonds. The molecule has 10 heteroatoms. The van der Waals surface area contributed by atoms with Crippen LogP contribution in [0, 0.1) is 6.92 Å². The summed E-state index contributed by atoms with van der Waals surface area (Å²) in [6.45, 7) is 6.37. The number of nitrogens with zero attached hydrogens (tertiary/aromatic N) is 5. The lowest BCUT2D eigenvalue weighted by Crippen LogP contribution is -2.38. The third-order valence-corrected chi connectivity index (χ3v) is 5.58. The first kappa shape index (κ1) is 21.7. The van der Waals surface area contributed by atoms with E-state index >= 15 is 0 Å². The largest absolute Gasteiger partial charge is 0.378 e. The summed E-state index contributed by atoms with van der Waals surface area (Å²) in [6, 6.07) is 7.60. The van der Waals surface area contributed by atoms with Gasteiger partial charge in [-0.15, -0.1) is 0 Å². The van der Waals surface area contributed by atoms with Gasteiger partial charge in [-0.1, -0.05) is 12.1 Å². The number of anilines is 1. The van der Waals surface area contributed by atoms with Gasteiger partial charge in [-0.25, -0.2) is 14.6 Å². The Morgan fingerprint density at radius 1 is 1.25 bits per heavy atom. The lowest BCUT2D eigenvalue weighted by Gasteiger charge is -2.27. The zero-order valence-corrected chi connectivity index (χ0v) is 18.2. The van der Waals surface area contributed by atoms with Crippen LogP contribution >= 0.6 is 0 Å². The molecule has 32 heavy (non-hydrogen) atoms. The summed E-state index contributed by atoms with van der Waals surface area (Å²) in [6.07, 6.45) is 3.66. The van der Waals surface area contributed by atoms with E-state index in [1.165, 1.54) is 6.33 Å². The molecule has 1 saturated heterocycles. The molecule has 0 aliphatic carbocycles. The monoisotopic (exact) mass is 437 g/mol. The van der Waals surface area contributed by atoms with Gasteiger partial charge in [-0.05, 0) is 38.0 Å². The SMILES string of the molecule is Cc1nc(N2CCOCC2)[nH]c(=O)c1CCC(=O)N[C@H](C)c1ccc(-n2cncn2)cc1. The molecule has 1 fully saturated rings. The van der Waals surface area contributed by atoms with Crippen LogP contribution in [-0.4, -0.2) is 56.9 Å². The standard InChI is InChI=1S/C22H27N7O3/c1-15(17-3-5-18(6-4-17)29-14-23-13-24-29)25-20(30)8-7-19-16(2)26-22(27-21(19)31)28-9-11-32-12-10-28/h3-6,13-15H,7-12H2,1-2H3,(H,25,30)(H,26,27,31)/t15-/m1/s1. The van der Waals surface area contributed by atoms with Gasteiger partial charge in [-0.2, -0.15) is 5.10 Å². The fraction of sp³-hybridized carbons (Fsp3) is 0.409. The molecular formula is C22H27N7O3. The Morgan fingerprint density at radius 2 is 2.00 bits per heavy atom. The molecule has 1 atom stereocenters. The number of hydrogen-bond donors (Lipinski definition) is 2. The quantitative estimate of drug-likeness (QED) is 0.572. The molecule has 2 aromatic heterocycles. The fourth-order valence-electron chi connectivity index (χ4n) is 3.71. The van der Waals surface area contributed by atoms with Crippen LogP contribution < -0.4 is 15.8 Å². The Labute approximate surface area is 185 Å². The summed E-state index contributed by atoms with van der Waals surface area (Å²) < 4.78 is 7.02. The minimum atomic E-state index is -0.191. The van der Waals surface area contributed by atoms with Gasteiger partial charge in [0, 0.05) is 30.8 Å². The highest BCUT2D eigenvalue weighted by Gasteiger charge is 2.17.